The molecule has 6 nitrogen and oxygen atoms in total. The molecular weight excluding hydrogens is 308 g/mol. The van der Waals surface area contributed by atoms with Gasteiger partial charge < -0.3 is 24.8 Å². The van der Waals surface area contributed by atoms with Crippen molar-refractivity contribution in [1.82, 2.24) is 5.32 Å². The molecule has 0 heterocycles. The van der Waals surface area contributed by atoms with E-state index in [-0.39, 0.29) is 6.03 Å². The number of rotatable bonds is 7. The third kappa shape index (κ3) is 4.55. The van der Waals surface area contributed by atoms with Gasteiger partial charge in [-0.2, -0.15) is 0 Å². The van der Waals surface area contributed by atoms with E-state index in [1.807, 2.05) is 37.3 Å². The first-order valence-corrected chi connectivity index (χ1v) is 7.60. The Morgan fingerprint density at radius 1 is 1.00 bits per heavy atom. The van der Waals surface area contributed by atoms with Gasteiger partial charge in [0.1, 0.15) is 6.61 Å². The number of aryl methyl sites for hydroxylation is 1. The zero-order valence-electron chi connectivity index (χ0n) is 14.1. The van der Waals surface area contributed by atoms with E-state index in [0.29, 0.717) is 30.4 Å². The molecule has 128 valence electrons. The van der Waals surface area contributed by atoms with Crippen LogP contribution in [0.2, 0.25) is 0 Å². The van der Waals surface area contributed by atoms with Crippen molar-refractivity contribution in [2.24, 2.45) is 0 Å². The lowest BCUT2D eigenvalue weighted by atomic mass is 10.2. The molecule has 0 radical (unpaired) electrons. The van der Waals surface area contributed by atoms with E-state index in [0.717, 1.165) is 11.3 Å². The molecule has 24 heavy (non-hydrogen) atoms. The number of amides is 2. The van der Waals surface area contributed by atoms with Gasteiger partial charge in [-0.05, 0) is 30.7 Å². The van der Waals surface area contributed by atoms with E-state index >= 15 is 0 Å². The molecule has 0 fully saturated rings. The predicted molar refractivity (Wildman–Crippen MR) is 93.2 cm³/mol. The normalized spacial score (nSPS) is 9.96. The topological polar surface area (TPSA) is 68.8 Å². The molecule has 0 atom stereocenters. The highest BCUT2D eigenvalue weighted by Gasteiger charge is 2.10. The molecule has 0 aliphatic heterocycles. The molecular formula is C18H22N2O4. The van der Waals surface area contributed by atoms with Crippen LogP contribution < -0.4 is 24.8 Å². The fourth-order valence-corrected chi connectivity index (χ4v) is 2.18. The van der Waals surface area contributed by atoms with Crippen LogP contribution in [0.5, 0.6) is 17.2 Å². The van der Waals surface area contributed by atoms with Crippen molar-refractivity contribution in [3.05, 3.63) is 48.0 Å². The first-order valence-electron chi connectivity index (χ1n) is 7.60. The molecule has 2 aromatic rings. The molecule has 2 rings (SSSR count). The lowest BCUT2D eigenvalue weighted by molar-refractivity contribution is 0.245. The summed E-state index contributed by atoms with van der Waals surface area (Å²) in [5.74, 6) is 1.70. The Kier molecular flexibility index (Phi) is 6.31. The van der Waals surface area contributed by atoms with Gasteiger partial charge in [0.05, 0.1) is 20.8 Å². The number of carbonyl (C=O) groups is 1. The molecule has 2 aromatic carbocycles. The molecule has 2 N–H and O–H groups in total. The summed E-state index contributed by atoms with van der Waals surface area (Å²) in [5.41, 5.74) is 1.79. The maximum absolute atomic E-state index is 11.9. The van der Waals surface area contributed by atoms with E-state index in [1.54, 1.807) is 26.4 Å². The molecule has 0 saturated heterocycles. The second-order valence-corrected chi connectivity index (χ2v) is 5.04. The highest BCUT2D eigenvalue weighted by Crippen LogP contribution is 2.36. The molecule has 0 unspecified atom stereocenters. The Morgan fingerprint density at radius 3 is 2.46 bits per heavy atom. The van der Waals surface area contributed by atoms with Gasteiger partial charge in [0.25, 0.3) is 0 Å². The van der Waals surface area contributed by atoms with E-state index < -0.39 is 0 Å². The number of methoxy groups -OCH3 is 2. The largest absolute Gasteiger partial charge is 0.493 e. The molecule has 6 heteroatoms. The lowest BCUT2D eigenvalue weighted by Gasteiger charge is -2.14. The predicted octanol–water partition coefficient (Wildman–Crippen LogP) is 3.21. The Hall–Kier alpha value is -2.89. The standard InChI is InChI=1S/C18H22N2O4/c1-13-7-4-5-8-14(13)20-18(21)19-11-12-24-16-10-6-9-15(22-2)17(16)23-3/h4-10H,11-12H2,1-3H3,(H2,19,20,21). The van der Waals surface area contributed by atoms with E-state index in [4.69, 9.17) is 14.2 Å². The summed E-state index contributed by atoms with van der Waals surface area (Å²) in [4.78, 5) is 11.9. The number of nitrogens with one attached hydrogen (secondary N) is 2. The second-order valence-electron chi connectivity index (χ2n) is 5.04. The number of para-hydroxylation sites is 2. The van der Waals surface area contributed by atoms with Crippen LogP contribution in [0.4, 0.5) is 10.5 Å². The zero-order valence-corrected chi connectivity index (χ0v) is 14.1. The highest BCUT2D eigenvalue weighted by atomic mass is 16.5. The molecule has 0 bridgehead atoms. The van der Waals surface area contributed by atoms with Crippen LogP contribution in [0.15, 0.2) is 42.5 Å². The molecule has 0 aliphatic rings. The van der Waals surface area contributed by atoms with Crippen LogP contribution >= 0.6 is 0 Å². The van der Waals surface area contributed by atoms with Crippen LogP contribution in [0, 0.1) is 6.92 Å². The summed E-state index contributed by atoms with van der Waals surface area (Å²) >= 11 is 0. The van der Waals surface area contributed by atoms with Crippen LogP contribution in [0.3, 0.4) is 0 Å². The average molecular weight is 330 g/mol. The smallest absolute Gasteiger partial charge is 0.319 e. The fourth-order valence-electron chi connectivity index (χ4n) is 2.18. The quantitative estimate of drug-likeness (QED) is 0.765. The molecule has 0 spiro atoms. The minimum absolute atomic E-state index is 0.273. The first-order chi connectivity index (χ1) is 11.7. The van der Waals surface area contributed by atoms with Crippen LogP contribution in [0.25, 0.3) is 0 Å². The Labute approximate surface area is 141 Å². The van der Waals surface area contributed by atoms with Gasteiger partial charge in [-0.15, -0.1) is 0 Å². The van der Waals surface area contributed by atoms with Gasteiger partial charge in [0.2, 0.25) is 5.75 Å². The van der Waals surface area contributed by atoms with E-state index in [9.17, 15) is 4.79 Å². The SMILES string of the molecule is COc1cccc(OCCNC(=O)Nc2ccccc2C)c1OC. The van der Waals surface area contributed by atoms with E-state index in [2.05, 4.69) is 10.6 Å². The van der Waals surface area contributed by atoms with Gasteiger partial charge >= 0.3 is 6.03 Å². The summed E-state index contributed by atoms with van der Waals surface area (Å²) in [6.07, 6.45) is 0. The van der Waals surface area contributed by atoms with Crippen molar-refractivity contribution in [2.75, 3.05) is 32.7 Å². The fraction of sp³-hybridized carbons (Fsp3) is 0.278. The number of ether oxygens (including phenoxy) is 3. The van der Waals surface area contributed by atoms with Gasteiger partial charge in [-0.3, -0.25) is 0 Å². The Balaban J connectivity index is 1.81. The number of hydrogen-bond donors (Lipinski definition) is 2. The van der Waals surface area contributed by atoms with Gasteiger partial charge in [0, 0.05) is 5.69 Å². The molecule has 2 amide bonds. The Bertz CT molecular complexity index is 688. The number of urea groups is 1. The van der Waals surface area contributed by atoms with Crippen molar-refractivity contribution < 1.29 is 19.0 Å². The summed E-state index contributed by atoms with van der Waals surface area (Å²) in [6.45, 7) is 2.61. The molecule has 0 saturated carbocycles. The van der Waals surface area contributed by atoms with Crippen molar-refractivity contribution in [3.63, 3.8) is 0 Å². The maximum atomic E-state index is 11.9. The summed E-state index contributed by atoms with van der Waals surface area (Å²) in [6, 6.07) is 12.7. The summed E-state index contributed by atoms with van der Waals surface area (Å²) < 4.78 is 16.1. The minimum atomic E-state index is -0.273. The van der Waals surface area contributed by atoms with Crippen LogP contribution in [0.1, 0.15) is 5.56 Å². The third-order valence-corrected chi connectivity index (χ3v) is 3.41. The maximum Gasteiger partial charge on any atom is 0.319 e. The number of carbonyl (C=O) groups excluding carboxylic acids is 1. The van der Waals surface area contributed by atoms with Crippen molar-refractivity contribution >= 4 is 11.7 Å². The van der Waals surface area contributed by atoms with Crippen molar-refractivity contribution in [1.29, 1.82) is 0 Å². The first kappa shape index (κ1) is 17.5. The van der Waals surface area contributed by atoms with Crippen LogP contribution in [-0.4, -0.2) is 33.4 Å². The second kappa shape index (κ2) is 8.67. The minimum Gasteiger partial charge on any atom is -0.493 e. The number of benzene rings is 2. The Morgan fingerprint density at radius 2 is 1.75 bits per heavy atom. The van der Waals surface area contributed by atoms with Gasteiger partial charge in [0.15, 0.2) is 11.5 Å². The zero-order chi connectivity index (χ0) is 17.4. The summed E-state index contributed by atoms with van der Waals surface area (Å²) in [7, 11) is 3.12. The molecule has 0 aromatic heterocycles. The number of hydrogen-bond acceptors (Lipinski definition) is 4. The van der Waals surface area contributed by atoms with Crippen molar-refractivity contribution in [3.8, 4) is 17.2 Å². The summed E-state index contributed by atoms with van der Waals surface area (Å²) in [5, 5.41) is 5.55. The average Bonchev–Trinajstić information content (AvgIpc) is 2.60. The lowest BCUT2D eigenvalue weighted by Crippen LogP contribution is -2.32. The monoisotopic (exact) mass is 330 g/mol. The third-order valence-electron chi connectivity index (χ3n) is 3.41. The van der Waals surface area contributed by atoms with Gasteiger partial charge in [-0.25, -0.2) is 4.79 Å². The number of anilines is 1. The highest BCUT2D eigenvalue weighted by molar-refractivity contribution is 5.89. The van der Waals surface area contributed by atoms with Gasteiger partial charge in [-0.1, -0.05) is 24.3 Å². The molecule has 0 aliphatic carbocycles. The van der Waals surface area contributed by atoms with Crippen molar-refractivity contribution in [2.45, 2.75) is 6.92 Å². The van der Waals surface area contributed by atoms with E-state index in [1.165, 1.54) is 0 Å². The van der Waals surface area contributed by atoms with Crippen LogP contribution in [-0.2, 0) is 0 Å².